The summed E-state index contributed by atoms with van der Waals surface area (Å²) >= 11 is 0. The molecule has 8 nitrogen and oxygen atoms in total. The first-order valence-corrected chi connectivity index (χ1v) is 10.6. The summed E-state index contributed by atoms with van der Waals surface area (Å²) < 4.78 is 32.3. The first-order chi connectivity index (χ1) is 13.1. The summed E-state index contributed by atoms with van der Waals surface area (Å²) in [6.07, 6.45) is 0. The Bertz CT molecular complexity index is 846. The van der Waals surface area contributed by atoms with E-state index in [0.717, 1.165) is 24.7 Å². The van der Waals surface area contributed by atoms with Gasteiger partial charge in [-0.3, -0.25) is 0 Å². The highest BCUT2D eigenvalue weighted by Crippen LogP contribution is 2.21. The molecule has 0 amide bonds. The minimum absolute atomic E-state index is 0.341. The molecule has 2 saturated heterocycles. The number of ether oxygens (including phenoxy) is 1. The number of hydrogen-bond donors (Lipinski definition) is 0. The summed E-state index contributed by atoms with van der Waals surface area (Å²) in [5, 5.41) is 8.69. The van der Waals surface area contributed by atoms with E-state index in [1.165, 1.54) is 4.31 Å². The summed E-state index contributed by atoms with van der Waals surface area (Å²) in [6.45, 7) is 5.13. The van der Waals surface area contributed by atoms with E-state index in [2.05, 4.69) is 20.0 Å². The van der Waals surface area contributed by atoms with Gasteiger partial charge in [0, 0.05) is 39.3 Å². The molecule has 4 rings (SSSR count). The SMILES string of the molecule is O=S(=O)(c1ccccc1)N1CCN(c2ccc(N3CCOCC3)nn2)CC1. The molecule has 27 heavy (non-hydrogen) atoms. The predicted molar refractivity (Wildman–Crippen MR) is 102 cm³/mol. The van der Waals surface area contributed by atoms with Gasteiger partial charge in [-0.2, -0.15) is 4.31 Å². The molecule has 1 aromatic carbocycles. The van der Waals surface area contributed by atoms with Gasteiger partial charge < -0.3 is 14.5 Å². The number of nitrogens with zero attached hydrogens (tertiary/aromatic N) is 5. The maximum Gasteiger partial charge on any atom is 0.243 e. The summed E-state index contributed by atoms with van der Waals surface area (Å²) in [5.74, 6) is 1.64. The van der Waals surface area contributed by atoms with Crippen LogP contribution in [-0.2, 0) is 14.8 Å². The number of anilines is 2. The van der Waals surface area contributed by atoms with Crippen molar-refractivity contribution in [1.82, 2.24) is 14.5 Å². The van der Waals surface area contributed by atoms with Crippen LogP contribution in [-0.4, -0.2) is 75.4 Å². The molecule has 3 heterocycles. The molecule has 0 unspecified atom stereocenters. The Balaban J connectivity index is 1.39. The number of benzene rings is 1. The highest BCUT2D eigenvalue weighted by atomic mass is 32.2. The van der Waals surface area contributed by atoms with Gasteiger partial charge in [0.2, 0.25) is 10.0 Å². The van der Waals surface area contributed by atoms with Crippen LogP contribution in [0.25, 0.3) is 0 Å². The minimum Gasteiger partial charge on any atom is -0.378 e. The molecule has 2 aliphatic heterocycles. The fourth-order valence-electron chi connectivity index (χ4n) is 3.35. The van der Waals surface area contributed by atoms with Crippen LogP contribution in [0.2, 0.25) is 0 Å². The first-order valence-electron chi connectivity index (χ1n) is 9.11. The Hall–Kier alpha value is -2.23. The van der Waals surface area contributed by atoms with Gasteiger partial charge in [-0.1, -0.05) is 18.2 Å². The predicted octanol–water partition coefficient (Wildman–Crippen LogP) is 0.824. The van der Waals surface area contributed by atoms with Crippen LogP contribution in [0, 0.1) is 0 Å². The van der Waals surface area contributed by atoms with Crippen molar-refractivity contribution < 1.29 is 13.2 Å². The molecule has 144 valence electrons. The van der Waals surface area contributed by atoms with Crippen molar-refractivity contribution in [2.45, 2.75) is 4.90 Å². The van der Waals surface area contributed by atoms with Crippen LogP contribution >= 0.6 is 0 Å². The molecule has 0 saturated carbocycles. The van der Waals surface area contributed by atoms with E-state index in [1.54, 1.807) is 24.3 Å². The van der Waals surface area contributed by atoms with Crippen LogP contribution in [0.3, 0.4) is 0 Å². The molecular weight excluding hydrogens is 366 g/mol. The Morgan fingerprint density at radius 2 is 1.30 bits per heavy atom. The Labute approximate surface area is 159 Å². The van der Waals surface area contributed by atoms with Crippen molar-refractivity contribution in [3.8, 4) is 0 Å². The zero-order chi connectivity index (χ0) is 18.7. The van der Waals surface area contributed by atoms with Crippen molar-refractivity contribution in [2.24, 2.45) is 0 Å². The Kier molecular flexibility index (Phi) is 5.24. The van der Waals surface area contributed by atoms with Gasteiger partial charge in [-0.05, 0) is 24.3 Å². The van der Waals surface area contributed by atoms with Crippen LogP contribution in [0.5, 0.6) is 0 Å². The number of rotatable bonds is 4. The van der Waals surface area contributed by atoms with E-state index in [4.69, 9.17) is 4.74 Å². The largest absolute Gasteiger partial charge is 0.378 e. The van der Waals surface area contributed by atoms with Gasteiger partial charge in [0.05, 0.1) is 18.1 Å². The lowest BCUT2D eigenvalue weighted by Crippen LogP contribution is -2.49. The van der Waals surface area contributed by atoms with E-state index < -0.39 is 10.0 Å². The van der Waals surface area contributed by atoms with Crippen molar-refractivity contribution >= 4 is 21.7 Å². The van der Waals surface area contributed by atoms with Crippen LogP contribution < -0.4 is 9.80 Å². The second-order valence-corrected chi connectivity index (χ2v) is 8.49. The summed E-state index contributed by atoms with van der Waals surface area (Å²) in [4.78, 5) is 4.57. The average Bonchev–Trinajstić information content (AvgIpc) is 2.75. The van der Waals surface area contributed by atoms with Gasteiger partial charge in [-0.25, -0.2) is 8.42 Å². The first kappa shape index (κ1) is 18.1. The van der Waals surface area contributed by atoms with E-state index >= 15 is 0 Å². The van der Waals surface area contributed by atoms with Gasteiger partial charge in [0.1, 0.15) is 0 Å². The van der Waals surface area contributed by atoms with Gasteiger partial charge in [0.25, 0.3) is 0 Å². The Morgan fingerprint density at radius 3 is 1.85 bits per heavy atom. The fraction of sp³-hybridized carbons (Fsp3) is 0.444. The van der Waals surface area contributed by atoms with Gasteiger partial charge in [0.15, 0.2) is 11.6 Å². The lowest BCUT2D eigenvalue weighted by Gasteiger charge is -2.34. The molecule has 0 radical (unpaired) electrons. The normalized spacial score (nSPS) is 19.3. The third-order valence-corrected chi connectivity index (χ3v) is 6.83. The molecule has 1 aromatic heterocycles. The van der Waals surface area contributed by atoms with E-state index in [9.17, 15) is 8.42 Å². The maximum atomic E-state index is 12.7. The minimum atomic E-state index is -3.44. The zero-order valence-electron chi connectivity index (χ0n) is 15.1. The van der Waals surface area contributed by atoms with E-state index in [1.807, 2.05) is 18.2 Å². The maximum absolute atomic E-state index is 12.7. The number of hydrogen-bond acceptors (Lipinski definition) is 7. The second-order valence-electron chi connectivity index (χ2n) is 6.55. The smallest absolute Gasteiger partial charge is 0.243 e. The molecule has 9 heteroatoms. The Morgan fingerprint density at radius 1 is 0.741 bits per heavy atom. The molecule has 0 aliphatic carbocycles. The molecule has 2 fully saturated rings. The third kappa shape index (κ3) is 3.90. The molecule has 0 atom stereocenters. The summed E-state index contributed by atoms with van der Waals surface area (Å²) in [5.41, 5.74) is 0. The fourth-order valence-corrected chi connectivity index (χ4v) is 4.79. The molecule has 0 spiro atoms. The number of aromatic nitrogens is 2. The van der Waals surface area contributed by atoms with Crippen LogP contribution in [0.1, 0.15) is 0 Å². The molecule has 0 bridgehead atoms. The summed E-state index contributed by atoms with van der Waals surface area (Å²) in [6, 6.07) is 12.5. The quantitative estimate of drug-likeness (QED) is 0.766. The van der Waals surface area contributed by atoms with Crippen molar-refractivity contribution in [2.75, 3.05) is 62.3 Å². The van der Waals surface area contributed by atoms with Crippen LogP contribution in [0.4, 0.5) is 11.6 Å². The second kappa shape index (κ2) is 7.79. The summed E-state index contributed by atoms with van der Waals surface area (Å²) in [7, 11) is -3.44. The van der Waals surface area contributed by atoms with Gasteiger partial charge >= 0.3 is 0 Å². The molecule has 2 aliphatic rings. The average molecular weight is 389 g/mol. The number of morpholine rings is 1. The topological polar surface area (TPSA) is 78.9 Å². The highest BCUT2D eigenvalue weighted by Gasteiger charge is 2.29. The van der Waals surface area contributed by atoms with Crippen molar-refractivity contribution in [1.29, 1.82) is 0 Å². The zero-order valence-corrected chi connectivity index (χ0v) is 15.9. The monoisotopic (exact) mass is 389 g/mol. The standard InChI is InChI=1S/C18H23N5O3S/c24-27(25,16-4-2-1-3-5-16)23-10-8-21(9-11-23)17-6-7-18(20-19-17)22-12-14-26-15-13-22/h1-7H,8-15H2. The van der Waals surface area contributed by atoms with Crippen molar-refractivity contribution in [3.05, 3.63) is 42.5 Å². The lowest BCUT2D eigenvalue weighted by atomic mass is 10.3. The van der Waals surface area contributed by atoms with E-state index in [-0.39, 0.29) is 0 Å². The number of sulfonamides is 1. The molecule has 0 N–H and O–H groups in total. The van der Waals surface area contributed by atoms with Crippen LogP contribution in [0.15, 0.2) is 47.4 Å². The third-order valence-electron chi connectivity index (χ3n) is 4.92. The lowest BCUT2D eigenvalue weighted by molar-refractivity contribution is 0.122. The molecule has 2 aromatic rings. The van der Waals surface area contributed by atoms with Gasteiger partial charge in [-0.15, -0.1) is 10.2 Å². The highest BCUT2D eigenvalue weighted by molar-refractivity contribution is 7.89. The van der Waals surface area contributed by atoms with E-state index in [0.29, 0.717) is 44.3 Å². The molecular formula is C18H23N5O3S. The van der Waals surface area contributed by atoms with Crippen molar-refractivity contribution in [3.63, 3.8) is 0 Å². The number of piperazine rings is 1.